The molecule has 0 aliphatic heterocycles. The summed E-state index contributed by atoms with van der Waals surface area (Å²) in [6.45, 7) is 11.2. The number of ketones is 8. The smallest absolute Gasteiger partial charge is 0.137 e. The predicted octanol–water partition coefficient (Wildman–Crippen LogP) is 2.22. The predicted molar refractivity (Wildman–Crippen MR) is 104 cm³/mol. The molecule has 8 nitrogen and oxygen atoms in total. The van der Waals surface area contributed by atoms with Gasteiger partial charge in [-0.05, 0) is 55.4 Å². The van der Waals surface area contributed by atoms with Crippen molar-refractivity contribution in [2.45, 2.75) is 81.1 Å². The van der Waals surface area contributed by atoms with Gasteiger partial charge in [0.25, 0.3) is 0 Å². The van der Waals surface area contributed by atoms with E-state index in [0.29, 0.717) is 0 Å². The van der Waals surface area contributed by atoms with Gasteiger partial charge in [-0.1, -0.05) is 0 Å². The van der Waals surface area contributed by atoms with Crippen LogP contribution in [-0.4, -0.2) is 46.3 Å². The average molecular weight is 579 g/mol. The van der Waals surface area contributed by atoms with Crippen LogP contribution in [0.4, 0.5) is 0 Å². The van der Waals surface area contributed by atoms with Crippen LogP contribution in [0, 0.1) is 0 Å². The molecule has 0 aromatic heterocycles. The summed E-state index contributed by atoms with van der Waals surface area (Å²) < 4.78 is 0. The van der Waals surface area contributed by atoms with Crippen LogP contribution in [0.15, 0.2) is 0 Å². The molecule has 0 rings (SSSR count). The Morgan fingerprint density at radius 2 is 0.379 bits per heavy atom. The minimum absolute atomic E-state index is 0. The van der Waals surface area contributed by atoms with Gasteiger partial charge in [-0.2, -0.15) is 0 Å². The molecule has 0 radical (unpaired) electrons. The first kappa shape index (κ1) is 37.9. The maximum absolute atomic E-state index is 10.0. The monoisotopic (exact) mass is 580 g/mol. The molecule has 0 aliphatic rings. The molecule has 0 fully saturated rings. The van der Waals surface area contributed by atoms with Crippen molar-refractivity contribution in [2.24, 2.45) is 0 Å². The molecule has 0 N–H and O–H groups in total. The fourth-order valence-corrected chi connectivity index (χ4v) is 1.40. The first-order valence-corrected chi connectivity index (χ1v) is 8.46. The summed E-state index contributed by atoms with van der Waals surface area (Å²) in [6.07, 6.45) is 0.333. The molecule has 164 valence electrons. The Hall–Kier alpha value is -1.77. The second-order valence-corrected chi connectivity index (χ2v) is 6.32. The van der Waals surface area contributed by atoms with Crippen LogP contribution < -0.4 is 0 Å². The van der Waals surface area contributed by atoms with E-state index in [0.717, 1.165) is 0 Å². The number of hydrogen-bond acceptors (Lipinski definition) is 8. The quantitative estimate of drug-likeness (QED) is 0.316. The third-order valence-corrected chi connectivity index (χ3v) is 1.99. The zero-order valence-corrected chi connectivity index (χ0v) is 22.2. The van der Waals surface area contributed by atoms with Crippen LogP contribution in [0.3, 0.4) is 0 Å². The van der Waals surface area contributed by atoms with Crippen molar-refractivity contribution < 1.29 is 64.2 Å². The Bertz CT molecular complexity index is 439. The topological polar surface area (TPSA) is 137 Å². The van der Waals surface area contributed by atoms with Gasteiger partial charge >= 0.3 is 0 Å². The summed E-state index contributed by atoms with van der Waals surface area (Å²) in [7, 11) is 0. The van der Waals surface area contributed by atoms with Gasteiger partial charge in [0.15, 0.2) is 0 Å². The van der Waals surface area contributed by atoms with Crippen LogP contribution >= 0.6 is 0 Å². The van der Waals surface area contributed by atoms with Gasteiger partial charge in [0, 0.05) is 25.8 Å². The minimum atomic E-state index is -0.0625. The normalized spacial score (nSPS) is 8.00. The van der Waals surface area contributed by atoms with E-state index in [-0.39, 0.29) is 97.8 Å². The van der Waals surface area contributed by atoms with E-state index >= 15 is 0 Å². The summed E-state index contributed by atoms with van der Waals surface area (Å²) in [5.41, 5.74) is 0. The standard InChI is InChI=1S/4C5H8O2.Hf/c4*1-4(6)3-5(2)7;/h4*3H2,1-2H3;. The first-order valence-electron chi connectivity index (χ1n) is 8.46. The van der Waals surface area contributed by atoms with E-state index in [2.05, 4.69) is 0 Å². The van der Waals surface area contributed by atoms with Crippen LogP contribution in [0.5, 0.6) is 0 Å². The van der Waals surface area contributed by atoms with Gasteiger partial charge in [0.2, 0.25) is 0 Å². The van der Waals surface area contributed by atoms with Crippen molar-refractivity contribution in [1.82, 2.24) is 0 Å². The zero-order chi connectivity index (χ0) is 23.4. The van der Waals surface area contributed by atoms with Gasteiger partial charge in [-0.3, -0.25) is 38.4 Å². The van der Waals surface area contributed by atoms with Crippen molar-refractivity contribution in [3.8, 4) is 0 Å². The van der Waals surface area contributed by atoms with Crippen LogP contribution in [0.25, 0.3) is 0 Å². The second-order valence-electron chi connectivity index (χ2n) is 6.32. The maximum Gasteiger partial charge on any atom is 0.137 e. The van der Waals surface area contributed by atoms with E-state index < -0.39 is 0 Å². The van der Waals surface area contributed by atoms with Crippen molar-refractivity contribution in [3.63, 3.8) is 0 Å². The summed E-state index contributed by atoms with van der Waals surface area (Å²) in [5.74, 6) is -0.500. The van der Waals surface area contributed by atoms with Gasteiger partial charge in [0.1, 0.15) is 46.3 Å². The summed E-state index contributed by atoms with van der Waals surface area (Å²) >= 11 is 0. The second kappa shape index (κ2) is 24.3. The van der Waals surface area contributed by atoms with E-state index in [1.54, 1.807) is 0 Å². The van der Waals surface area contributed by atoms with Crippen molar-refractivity contribution in [2.75, 3.05) is 0 Å². The molecule has 0 atom stereocenters. The fourth-order valence-electron chi connectivity index (χ4n) is 1.40. The Labute approximate surface area is 191 Å². The Morgan fingerprint density at radius 1 is 0.310 bits per heavy atom. The SMILES string of the molecule is CC(=O)CC(C)=O.CC(=O)CC(C)=O.CC(=O)CC(C)=O.CC(=O)CC(C)=O.[Hf]. The molecule has 0 heterocycles. The van der Waals surface area contributed by atoms with Gasteiger partial charge < -0.3 is 0 Å². The third kappa shape index (κ3) is 76.0. The van der Waals surface area contributed by atoms with Gasteiger partial charge in [-0.25, -0.2) is 0 Å². The molecule has 0 unspecified atom stereocenters. The third-order valence-electron chi connectivity index (χ3n) is 1.99. The Kier molecular flexibility index (Phi) is 31.7. The molecule has 29 heavy (non-hydrogen) atoms. The molecule has 0 aromatic rings. The number of carbonyl (C=O) groups is 8. The molecule has 0 saturated carbocycles. The molecule has 0 aromatic carbocycles. The molecule has 0 bridgehead atoms. The first-order chi connectivity index (χ1) is 12.5. The van der Waals surface area contributed by atoms with Gasteiger partial charge in [-0.15, -0.1) is 0 Å². The summed E-state index contributed by atoms with van der Waals surface area (Å²) in [6, 6.07) is 0. The minimum Gasteiger partial charge on any atom is -0.300 e. The largest absolute Gasteiger partial charge is 0.300 e. The molecule has 9 heteroatoms. The van der Waals surface area contributed by atoms with E-state index in [1.165, 1.54) is 55.4 Å². The van der Waals surface area contributed by atoms with E-state index in [9.17, 15) is 38.4 Å². The van der Waals surface area contributed by atoms with Crippen LogP contribution in [-0.2, 0) is 64.2 Å². The zero-order valence-electron chi connectivity index (χ0n) is 18.6. The summed E-state index contributed by atoms with van der Waals surface area (Å²) in [5, 5.41) is 0. The van der Waals surface area contributed by atoms with Crippen molar-refractivity contribution >= 4 is 46.3 Å². The van der Waals surface area contributed by atoms with E-state index in [4.69, 9.17) is 0 Å². The van der Waals surface area contributed by atoms with Crippen LogP contribution in [0.1, 0.15) is 81.1 Å². The molecule has 0 amide bonds. The van der Waals surface area contributed by atoms with Gasteiger partial charge in [0.05, 0.1) is 25.7 Å². The number of hydrogen-bond donors (Lipinski definition) is 0. The Balaban J connectivity index is -0.0000000873. The van der Waals surface area contributed by atoms with E-state index in [1.807, 2.05) is 0 Å². The Morgan fingerprint density at radius 3 is 0.379 bits per heavy atom. The summed E-state index contributed by atoms with van der Waals surface area (Å²) in [4.78, 5) is 80.3. The van der Waals surface area contributed by atoms with Crippen molar-refractivity contribution in [3.05, 3.63) is 0 Å². The molecule has 0 aliphatic carbocycles. The average Bonchev–Trinajstić information content (AvgIpc) is 2.32. The molecule has 0 spiro atoms. The van der Waals surface area contributed by atoms with Crippen molar-refractivity contribution in [1.29, 1.82) is 0 Å². The fraction of sp³-hybridized carbons (Fsp3) is 0.600. The number of carbonyl (C=O) groups excluding carboxylic acids is 8. The maximum atomic E-state index is 10.0. The molecular formula is C20H32HfO8. The number of rotatable bonds is 8. The molecule has 0 saturated heterocycles. The number of Topliss-reactive ketones (excluding diaryl/α,β-unsaturated/α-hetero) is 8. The molecular weight excluding hydrogens is 547 g/mol. The van der Waals surface area contributed by atoms with Crippen LogP contribution in [0.2, 0.25) is 0 Å².